The van der Waals surface area contributed by atoms with Gasteiger partial charge in [0.25, 0.3) is 0 Å². The number of nitrogens with zero attached hydrogens (tertiary/aromatic N) is 4. The number of halogens is 3. The van der Waals surface area contributed by atoms with Crippen molar-refractivity contribution < 1.29 is 13.2 Å². The van der Waals surface area contributed by atoms with Gasteiger partial charge in [-0.2, -0.15) is 13.2 Å². The summed E-state index contributed by atoms with van der Waals surface area (Å²) in [5, 5.41) is 0. The molecule has 2 aromatic rings. The minimum atomic E-state index is -4.33. The highest BCUT2D eigenvalue weighted by Gasteiger charge is 2.31. The van der Waals surface area contributed by atoms with Crippen LogP contribution in [0.15, 0.2) is 30.5 Å². The summed E-state index contributed by atoms with van der Waals surface area (Å²) in [5.74, 6) is 0.638. The molecule has 158 valence electrons. The molecule has 0 spiro atoms. The van der Waals surface area contributed by atoms with Gasteiger partial charge in [-0.25, -0.2) is 4.98 Å². The van der Waals surface area contributed by atoms with Crippen molar-refractivity contribution in [2.45, 2.75) is 38.5 Å². The van der Waals surface area contributed by atoms with E-state index < -0.39 is 11.7 Å². The summed E-state index contributed by atoms with van der Waals surface area (Å²) < 4.78 is 38.1. The van der Waals surface area contributed by atoms with Crippen LogP contribution in [0.2, 0.25) is 0 Å². The summed E-state index contributed by atoms with van der Waals surface area (Å²) in [5.41, 5.74) is -0.690. The van der Waals surface area contributed by atoms with Crippen LogP contribution in [0.4, 0.5) is 19.0 Å². The van der Waals surface area contributed by atoms with E-state index in [1.165, 1.54) is 28.7 Å². The SMILES string of the molecule is Cc1ccc(CN2CCC(N3CCN(c4ccc(C(F)(F)F)cn4)CC3)CC2)s1. The molecule has 29 heavy (non-hydrogen) atoms. The van der Waals surface area contributed by atoms with Crippen LogP contribution in [0.1, 0.15) is 28.2 Å². The monoisotopic (exact) mass is 424 g/mol. The second-order valence-corrected chi connectivity index (χ2v) is 9.32. The number of piperidine rings is 1. The van der Waals surface area contributed by atoms with E-state index in [2.05, 4.69) is 38.7 Å². The lowest BCUT2D eigenvalue weighted by Gasteiger charge is -2.43. The van der Waals surface area contributed by atoms with Crippen LogP contribution in [-0.2, 0) is 12.7 Å². The summed E-state index contributed by atoms with van der Waals surface area (Å²) in [6.45, 7) is 8.97. The number of hydrogen-bond acceptors (Lipinski definition) is 5. The predicted molar refractivity (Wildman–Crippen MR) is 110 cm³/mol. The smallest absolute Gasteiger partial charge is 0.354 e. The van der Waals surface area contributed by atoms with Gasteiger partial charge in [0.15, 0.2) is 0 Å². The maximum atomic E-state index is 12.7. The minimum Gasteiger partial charge on any atom is -0.354 e. The lowest BCUT2D eigenvalue weighted by molar-refractivity contribution is -0.137. The quantitative estimate of drug-likeness (QED) is 0.732. The van der Waals surface area contributed by atoms with E-state index in [0.717, 1.165) is 58.1 Å². The molecule has 0 bridgehead atoms. The Balaban J connectivity index is 1.24. The van der Waals surface area contributed by atoms with Crippen molar-refractivity contribution in [1.29, 1.82) is 0 Å². The van der Waals surface area contributed by atoms with Crippen LogP contribution in [0.25, 0.3) is 0 Å². The first-order chi connectivity index (χ1) is 13.9. The maximum absolute atomic E-state index is 12.7. The van der Waals surface area contributed by atoms with Crippen LogP contribution < -0.4 is 4.90 Å². The molecular formula is C21H27F3N4S. The van der Waals surface area contributed by atoms with Gasteiger partial charge in [0.05, 0.1) is 5.56 Å². The largest absolute Gasteiger partial charge is 0.417 e. The van der Waals surface area contributed by atoms with E-state index in [0.29, 0.717) is 11.9 Å². The van der Waals surface area contributed by atoms with Gasteiger partial charge in [0.1, 0.15) is 5.82 Å². The Hall–Kier alpha value is -1.64. The highest BCUT2D eigenvalue weighted by atomic mass is 32.1. The average molecular weight is 425 g/mol. The summed E-state index contributed by atoms with van der Waals surface area (Å²) in [6, 6.07) is 7.65. The molecule has 2 aromatic heterocycles. The van der Waals surface area contributed by atoms with Crippen molar-refractivity contribution >= 4 is 17.2 Å². The molecule has 2 aliphatic rings. The molecule has 0 amide bonds. The number of anilines is 1. The number of likely N-dealkylation sites (tertiary alicyclic amines) is 1. The molecule has 0 aromatic carbocycles. The highest BCUT2D eigenvalue weighted by Crippen LogP contribution is 2.30. The molecule has 4 heterocycles. The third-order valence-electron chi connectivity index (χ3n) is 5.96. The van der Waals surface area contributed by atoms with Gasteiger partial charge in [-0.15, -0.1) is 11.3 Å². The number of hydrogen-bond donors (Lipinski definition) is 0. The summed E-state index contributed by atoms with van der Waals surface area (Å²) in [6.07, 6.45) is -1.03. The topological polar surface area (TPSA) is 22.6 Å². The standard InChI is InChI=1S/C21H27F3N4S/c1-16-2-4-19(29-16)15-26-8-6-18(7-9-26)27-10-12-28(13-11-27)20-5-3-17(14-25-20)21(22,23)24/h2-5,14,18H,6-13,15H2,1H3. The van der Waals surface area contributed by atoms with Gasteiger partial charge in [-0.05, 0) is 44.0 Å². The zero-order valence-electron chi connectivity index (χ0n) is 16.7. The van der Waals surface area contributed by atoms with Gasteiger partial charge < -0.3 is 4.90 Å². The molecule has 0 aliphatic carbocycles. The first-order valence-corrected chi connectivity index (χ1v) is 11.0. The van der Waals surface area contributed by atoms with Gasteiger partial charge in [0, 0.05) is 67.8 Å². The zero-order chi connectivity index (χ0) is 20.4. The number of piperazine rings is 1. The molecule has 0 unspecified atom stereocenters. The fourth-order valence-electron chi connectivity index (χ4n) is 4.29. The van der Waals surface area contributed by atoms with Crippen molar-refractivity contribution in [3.63, 3.8) is 0 Å². The Morgan fingerprint density at radius 2 is 1.72 bits per heavy atom. The molecule has 4 nitrogen and oxygen atoms in total. The van der Waals surface area contributed by atoms with E-state index in [4.69, 9.17) is 0 Å². The second kappa shape index (κ2) is 8.62. The fraction of sp³-hybridized carbons (Fsp3) is 0.571. The van der Waals surface area contributed by atoms with Gasteiger partial charge in [0.2, 0.25) is 0 Å². The Morgan fingerprint density at radius 3 is 2.28 bits per heavy atom. The van der Waals surface area contributed by atoms with Crippen LogP contribution in [0.5, 0.6) is 0 Å². The zero-order valence-corrected chi connectivity index (χ0v) is 17.5. The van der Waals surface area contributed by atoms with Crippen molar-refractivity contribution in [2.75, 3.05) is 44.2 Å². The lowest BCUT2D eigenvalue weighted by atomic mass is 10.0. The molecule has 4 rings (SSSR count). The number of rotatable bonds is 4. The lowest BCUT2D eigenvalue weighted by Crippen LogP contribution is -2.53. The third kappa shape index (κ3) is 5.10. The minimum absolute atomic E-state index is 0.610. The van der Waals surface area contributed by atoms with Gasteiger partial charge in [-0.1, -0.05) is 0 Å². The first-order valence-electron chi connectivity index (χ1n) is 10.2. The van der Waals surface area contributed by atoms with Crippen molar-refractivity contribution in [1.82, 2.24) is 14.8 Å². The van der Waals surface area contributed by atoms with Crippen LogP contribution in [-0.4, -0.2) is 60.1 Å². The van der Waals surface area contributed by atoms with Gasteiger partial charge in [-0.3, -0.25) is 9.80 Å². The Bertz CT molecular complexity index is 789. The summed E-state index contributed by atoms with van der Waals surface area (Å²) in [4.78, 5) is 14.0. The third-order valence-corrected chi connectivity index (χ3v) is 6.95. The van der Waals surface area contributed by atoms with Crippen LogP contribution >= 0.6 is 11.3 Å². The van der Waals surface area contributed by atoms with E-state index >= 15 is 0 Å². The average Bonchev–Trinajstić information content (AvgIpc) is 3.13. The molecule has 2 saturated heterocycles. The predicted octanol–water partition coefficient (Wildman–Crippen LogP) is 4.26. The number of aromatic nitrogens is 1. The number of pyridine rings is 1. The molecular weight excluding hydrogens is 397 g/mol. The Labute approximate surface area is 173 Å². The molecule has 8 heteroatoms. The normalized spacial score (nSPS) is 20.3. The molecule has 2 aliphatic heterocycles. The number of aryl methyl sites for hydroxylation is 1. The summed E-state index contributed by atoms with van der Waals surface area (Å²) >= 11 is 1.88. The Morgan fingerprint density at radius 1 is 1.00 bits per heavy atom. The van der Waals surface area contributed by atoms with E-state index in [1.54, 1.807) is 0 Å². The maximum Gasteiger partial charge on any atom is 0.417 e. The molecule has 2 fully saturated rings. The highest BCUT2D eigenvalue weighted by molar-refractivity contribution is 7.11. The first kappa shape index (κ1) is 20.6. The molecule has 0 atom stereocenters. The fourth-order valence-corrected chi connectivity index (χ4v) is 5.22. The van der Waals surface area contributed by atoms with E-state index in [9.17, 15) is 13.2 Å². The van der Waals surface area contributed by atoms with Gasteiger partial charge >= 0.3 is 6.18 Å². The van der Waals surface area contributed by atoms with E-state index in [1.807, 2.05) is 11.3 Å². The van der Waals surface area contributed by atoms with Crippen molar-refractivity contribution in [3.05, 3.63) is 45.8 Å². The van der Waals surface area contributed by atoms with Crippen molar-refractivity contribution in [3.8, 4) is 0 Å². The van der Waals surface area contributed by atoms with Crippen molar-refractivity contribution in [2.24, 2.45) is 0 Å². The molecule has 0 N–H and O–H groups in total. The molecule has 0 radical (unpaired) electrons. The Kier molecular flexibility index (Phi) is 6.13. The van der Waals surface area contributed by atoms with Crippen LogP contribution in [0.3, 0.4) is 0 Å². The number of alkyl halides is 3. The molecule has 0 saturated carbocycles. The van der Waals surface area contributed by atoms with Crippen LogP contribution in [0, 0.1) is 6.92 Å². The second-order valence-electron chi connectivity index (χ2n) is 7.95. The summed E-state index contributed by atoms with van der Waals surface area (Å²) in [7, 11) is 0. The van der Waals surface area contributed by atoms with E-state index in [-0.39, 0.29) is 0 Å². The number of thiophene rings is 1.